The lowest BCUT2D eigenvalue weighted by Crippen LogP contribution is -2.25. The second-order valence-electron chi connectivity index (χ2n) is 7.41. The van der Waals surface area contributed by atoms with Crippen molar-refractivity contribution in [2.75, 3.05) is 18.9 Å². The lowest BCUT2D eigenvalue weighted by molar-refractivity contribution is 0.102. The van der Waals surface area contributed by atoms with Crippen molar-refractivity contribution >= 4 is 44.0 Å². The highest BCUT2D eigenvalue weighted by atomic mass is 32.1. The molecule has 1 aliphatic heterocycles. The number of carbonyl (C=O) groups excluding carboxylic acids is 1. The standard InChI is InChI=1S/C23H17N3O3S/c1-26-9-8-15-18(11-24)22(30-20(15)12-26)25-21(27)17-10-16-14-5-3-2-4-13(14)6-7-19(16)29-23(17)28/h2-7,10H,8-9,12H2,1H3,(H,25,27). The van der Waals surface area contributed by atoms with E-state index in [0.717, 1.165) is 40.7 Å². The summed E-state index contributed by atoms with van der Waals surface area (Å²) in [5.41, 5.74) is 1.14. The average Bonchev–Trinajstić information content (AvgIpc) is 3.08. The number of likely N-dealkylation sites (N-methyl/N-ethyl adjacent to an activating group) is 1. The van der Waals surface area contributed by atoms with Crippen molar-refractivity contribution in [3.63, 3.8) is 0 Å². The minimum Gasteiger partial charge on any atom is -0.422 e. The van der Waals surface area contributed by atoms with Gasteiger partial charge in [-0.1, -0.05) is 30.3 Å². The van der Waals surface area contributed by atoms with Gasteiger partial charge in [0.1, 0.15) is 22.2 Å². The zero-order valence-corrected chi connectivity index (χ0v) is 17.0. The van der Waals surface area contributed by atoms with Gasteiger partial charge >= 0.3 is 5.63 Å². The molecule has 0 saturated heterocycles. The van der Waals surface area contributed by atoms with E-state index in [1.165, 1.54) is 11.3 Å². The van der Waals surface area contributed by atoms with Gasteiger partial charge in [-0.2, -0.15) is 5.26 Å². The van der Waals surface area contributed by atoms with Gasteiger partial charge in [-0.15, -0.1) is 11.3 Å². The summed E-state index contributed by atoms with van der Waals surface area (Å²) >= 11 is 1.40. The Bertz CT molecular complexity index is 1430. The number of hydrogen-bond acceptors (Lipinski definition) is 6. The summed E-state index contributed by atoms with van der Waals surface area (Å²) in [4.78, 5) is 28.7. The van der Waals surface area contributed by atoms with Crippen LogP contribution >= 0.6 is 11.3 Å². The molecule has 0 spiro atoms. The van der Waals surface area contributed by atoms with Crippen molar-refractivity contribution in [2.24, 2.45) is 0 Å². The van der Waals surface area contributed by atoms with Gasteiger partial charge in [0.05, 0.1) is 5.56 Å². The van der Waals surface area contributed by atoms with Crippen LogP contribution in [0.3, 0.4) is 0 Å². The largest absolute Gasteiger partial charge is 0.422 e. The maximum Gasteiger partial charge on any atom is 0.349 e. The number of amides is 1. The van der Waals surface area contributed by atoms with E-state index in [2.05, 4.69) is 16.3 Å². The number of rotatable bonds is 2. The molecule has 0 unspecified atom stereocenters. The van der Waals surface area contributed by atoms with Crippen molar-refractivity contribution in [1.29, 1.82) is 5.26 Å². The quantitative estimate of drug-likeness (QED) is 0.393. The maximum absolute atomic E-state index is 13.0. The van der Waals surface area contributed by atoms with E-state index in [4.69, 9.17) is 4.42 Å². The molecule has 2 aromatic carbocycles. The fraction of sp³-hybridized carbons (Fsp3) is 0.174. The van der Waals surface area contributed by atoms with Crippen LogP contribution < -0.4 is 10.9 Å². The van der Waals surface area contributed by atoms with Crippen molar-refractivity contribution in [3.8, 4) is 6.07 Å². The lowest BCUT2D eigenvalue weighted by Gasteiger charge is -2.21. The SMILES string of the molecule is CN1CCc2c(sc(NC(=O)c3cc4c(ccc5ccccc54)oc3=O)c2C#N)C1. The Morgan fingerprint density at radius 1 is 1.23 bits per heavy atom. The van der Waals surface area contributed by atoms with Crippen LogP contribution in [0.25, 0.3) is 21.7 Å². The van der Waals surface area contributed by atoms with Crippen molar-refractivity contribution in [1.82, 2.24) is 4.90 Å². The number of fused-ring (bicyclic) bond motifs is 4. The fourth-order valence-electron chi connectivity index (χ4n) is 3.94. The van der Waals surface area contributed by atoms with Crippen LogP contribution in [0, 0.1) is 11.3 Å². The Morgan fingerprint density at radius 3 is 2.90 bits per heavy atom. The highest BCUT2D eigenvalue weighted by Crippen LogP contribution is 2.36. The number of nitrogens with zero attached hydrogens (tertiary/aromatic N) is 2. The summed E-state index contributed by atoms with van der Waals surface area (Å²) in [6.45, 7) is 1.61. The van der Waals surface area contributed by atoms with E-state index < -0.39 is 11.5 Å². The molecular formula is C23H17N3O3S. The molecule has 0 aliphatic carbocycles. The van der Waals surface area contributed by atoms with E-state index in [1.807, 2.05) is 37.4 Å². The molecule has 6 nitrogen and oxygen atoms in total. The van der Waals surface area contributed by atoms with Crippen LogP contribution in [0.2, 0.25) is 0 Å². The molecule has 3 heterocycles. The second kappa shape index (κ2) is 7.10. The van der Waals surface area contributed by atoms with Crippen LogP contribution in [0.15, 0.2) is 51.7 Å². The Morgan fingerprint density at radius 2 is 2.07 bits per heavy atom. The number of thiophene rings is 1. The second-order valence-corrected chi connectivity index (χ2v) is 8.51. The smallest absolute Gasteiger partial charge is 0.349 e. The van der Waals surface area contributed by atoms with Crippen molar-refractivity contribution in [2.45, 2.75) is 13.0 Å². The third kappa shape index (κ3) is 2.98. The number of anilines is 1. The van der Waals surface area contributed by atoms with Gasteiger partial charge in [-0.25, -0.2) is 4.79 Å². The first kappa shape index (κ1) is 18.6. The first-order valence-corrected chi connectivity index (χ1v) is 10.4. The predicted octanol–water partition coefficient (Wildman–Crippen LogP) is 4.12. The summed E-state index contributed by atoms with van der Waals surface area (Å²) in [7, 11) is 2.03. The zero-order valence-electron chi connectivity index (χ0n) is 16.2. The van der Waals surface area contributed by atoms with E-state index in [1.54, 1.807) is 12.1 Å². The first-order valence-electron chi connectivity index (χ1n) is 9.55. The number of hydrogen-bond donors (Lipinski definition) is 1. The minimum absolute atomic E-state index is 0.0776. The van der Waals surface area contributed by atoms with Crippen LogP contribution in [-0.4, -0.2) is 24.4 Å². The van der Waals surface area contributed by atoms with Gasteiger partial charge in [-0.05, 0) is 41.9 Å². The summed E-state index contributed by atoms with van der Waals surface area (Å²) < 4.78 is 5.43. The number of benzene rings is 2. The molecule has 1 amide bonds. The molecule has 2 aromatic heterocycles. The third-order valence-electron chi connectivity index (χ3n) is 5.47. The van der Waals surface area contributed by atoms with Gasteiger partial charge in [0, 0.05) is 23.4 Å². The molecule has 1 N–H and O–H groups in total. The summed E-state index contributed by atoms with van der Waals surface area (Å²) in [6, 6.07) is 15.1. The minimum atomic E-state index is -0.699. The van der Waals surface area contributed by atoms with Crippen LogP contribution in [0.1, 0.15) is 26.4 Å². The Hall–Kier alpha value is -3.47. The number of nitriles is 1. The molecule has 5 rings (SSSR count). The lowest BCUT2D eigenvalue weighted by atomic mass is 10.0. The highest BCUT2D eigenvalue weighted by Gasteiger charge is 2.25. The molecule has 0 fully saturated rings. The Kier molecular flexibility index (Phi) is 4.39. The number of carbonyl (C=O) groups is 1. The molecule has 148 valence electrons. The molecule has 7 heteroatoms. The van der Waals surface area contributed by atoms with Gasteiger partial charge in [-0.3, -0.25) is 4.79 Å². The van der Waals surface area contributed by atoms with Gasteiger partial charge in [0.15, 0.2) is 0 Å². The first-order chi connectivity index (χ1) is 14.5. The summed E-state index contributed by atoms with van der Waals surface area (Å²) in [5.74, 6) is -0.568. The van der Waals surface area contributed by atoms with Crippen molar-refractivity contribution in [3.05, 3.63) is 74.5 Å². The van der Waals surface area contributed by atoms with Crippen molar-refractivity contribution < 1.29 is 9.21 Å². The van der Waals surface area contributed by atoms with Crippen LogP contribution in [-0.2, 0) is 13.0 Å². The third-order valence-corrected chi connectivity index (χ3v) is 6.61. The Balaban J connectivity index is 1.57. The summed E-state index contributed by atoms with van der Waals surface area (Å²) in [5, 5.41) is 15.5. The maximum atomic E-state index is 13.0. The van der Waals surface area contributed by atoms with E-state index >= 15 is 0 Å². The zero-order chi connectivity index (χ0) is 20.8. The fourth-order valence-corrected chi connectivity index (χ4v) is 5.21. The average molecular weight is 415 g/mol. The summed E-state index contributed by atoms with van der Waals surface area (Å²) in [6.07, 6.45) is 0.769. The highest BCUT2D eigenvalue weighted by molar-refractivity contribution is 7.16. The molecular weight excluding hydrogens is 398 g/mol. The molecule has 30 heavy (non-hydrogen) atoms. The van der Waals surface area contributed by atoms with Crippen LogP contribution in [0.4, 0.5) is 5.00 Å². The number of nitrogens with one attached hydrogen (secondary N) is 1. The van der Waals surface area contributed by atoms with Gasteiger partial charge < -0.3 is 14.6 Å². The molecule has 0 bridgehead atoms. The van der Waals surface area contributed by atoms with Gasteiger partial charge in [0.25, 0.3) is 5.91 Å². The molecule has 0 saturated carbocycles. The Labute approximate surface area is 176 Å². The van der Waals surface area contributed by atoms with E-state index in [-0.39, 0.29) is 5.56 Å². The van der Waals surface area contributed by atoms with E-state index in [0.29, 0.717) is 21.5 Å². The molecule has 0 radical (unpaired) electrons. The van der Waals surface area contributed by atoms with Crippen LogP contribution in [0.5, 0.6) is 0 Å². The topological polar surface area (TPSA) is 86.3 Å². The predicted molar refractivity (Wildman–Crippen MR) is 117 cm³/mol. The molecule has 1 aliphatic rings. The normalized spacial score (nSPS) is 13.9. The monoisotopic (exact) mass is 415 g/mol. The van der Waals surface area contributed by atoms with Gasteiger partial charge in [0.2, 0.25) is 0 Å². The van der Waals surface area contributed by atoms with E-state index in [9.17, 15) is 14.9 Å². The molecule has 4 aromatic rings. The molecule has 0 atom stereocenters.